The third-order valence-electron chi connectivity index (χ3n) is 3.79. The molecule has 16 heavy (non-hydrogen) atoms. The van der Waals surface area contributed by atoms with Gasteiger partial charge >= 0.3 is 6.03 Å². The van der Waals surface area contributed by atoms with Crippen LogP contribution in [-0.4, -0.2) is 66.8 Å². The molecule has 2 fully saturated rings. The summed E-state index contributed by atoms with van der Waals surface area (Å²) >= 11 is 0. The quantitative estimate of drug-likeness (QED) is 0.598. The molecule has 2 N–H and O–H groups in total. The molecular weight excluding hydrogens is 206 g/mol. The number of likely N-dealkylation sites (tertiary alicyclic amines) is 1. The van der Waals surface area contributed by atoms with E-state index in [1.165, 1.54) is 0 Å². The van der Waals surface area contributed by atoms with Crippen LogP contribution in [0, 0.1) is 5.92 Å². The summed E-state index contributed by atoms with van der Waals surface area (Å²) in [5.41, 5.74) is -0.547. The molecule has 0 aromatic rings. The van der Waals surface area contributed by atoms with Crippen LogP contribution in [0.5, 0.6) is 0 Å². The van der Waals surface area contributed by atoms with Gasteiger partial charge in [0.1, 0.15) is 0 Å². The Morgan fingerprint density at radius 1 is 1.50 bits per heavy atom. The molecule has 0 aromatic heterocycles. The number of amides is 2. The van der Waals surface area contributed by atoms with Gasteiger partial charge in [0.15, 0.2) is 0 Å². The van der Waals surface area contributed by atoms with E-state index in [0.29, 0.717) is 19.5 Å². The Kier molecular flexibility index (Phi) is 3.08. The highest BCUT2D eigenvalue weighted by Crippen LogP contribution is 2.32. The van der Waals surface area contributed by atoms with Gasteiger partial charge in [0, 0.05) is 39.6 Å². The van der Waals surface area contributed by atoms with Crippen molar-refractivity contribution >= 4 is 6.03 Å². The zero-order valence-electron chi connectivity index (χ0n) is 10.1. The first-order valence-corrected chi connectivity index (χ1v) is 5.92. The fourth-order valence-corrected chi connectivity index (χ4v) is 2.68. The van der Waals surface area contributed by atoms with E-state index in [1.807, 2.05) is 4.90 Å². The Hall–Kier alpha value is -0.810. The first-order valence-electron chi connectivity index (χ1n) is 5.92. The van der Waals surface area contributed by atoms with Crippen LogP contribution in [0.15, 0.2) is 0 Å². The molecule has 0 saturated carbocycles. The third kappa shape index (κ3) is 2.01. The number of hydrogen-bond donors (Lipinski definition) is 2. The van der Waals surface area contributed by atoms with Gasteiger partial charge in [-0.3, -0.25) is 0 Å². The molecule has 0 spiro atoms. The molecule has 0 unspecified atom stereocenters. The van der Waals surface area contributed by atoms with Gasteiger partial charge in [0.2, 0.25) is 0 Å². The summed E-state index contributed by atoms with van der Waals surface area (Å²) in [6.07, 6.45) is 1.51. The second kappa shape index (κ2) is 4.22. The maximum atomic E-state index is 11.8. The molecule has 2 heterocycles. The topological polar surface area (TPSA) is 55.8 Å². The molecule has 0 radical (unpaired) electrons. The summed E-state index contributed by atoms with van der Waals surface area (Å²) in [6.45, 7) is 3.03. The minimum absolute atomic E-state index is 0.0487. The van der Waals surface area contributed by atoms with E-state index in [2.05, 4.69) is 5.32 Å². The van der Waals surface area contributed by atoms with Gasteiger partial charge in [0.05, 0.1) is 5.60 Å². The summed E-state index contributed by atoms with van der Waals surface area (Å²) in [5, 5.41) is 13.7. The van der Waals surface area contributed by atoms with Crippen molar-refractivity contribution < 1.29 is 9.90 Å². The van der Waals surface area contributed by atoms with E-state index >= 15 is 0 Å². The molecular formula is C11H21N3O2. The lowest BCUT2D eigenvalue weighted by atomic mass is 9.76. The lowest BCUT2D eigenvalue weighted by Gasteiger charge is -2.47. The number of urea groups is 1. The molecule has 2 amide bonds. The molecule has 5 nitrogen and oxygen atoms in total. The number of fused-ring (bicyclic) bond motifs is 1. The molecule has 2 aliphatic rings. The Bertz CT molecular complexity index is 282. The smallest absolute Gasteiger partial charge is 0.319 e. The highest BCUT2D eigenvalue weighted by molar-refractivity contribution is 5.74. The fraction of sp³-hybridized carbons (Fsp3) is 0.909. The summed E-state index contributed by atoms with van der Waals surface area (Å²) in [7, 11) is 3.53. The van der Waals surface area contributed by atoms with Crippen molar-refractivity contribution in [3.63, 3.8) is 0 Å². The van der Waals surface area contributed by atoms with Crippen LogP contribution in [0.1, 0.15) is 12.8 Å². The molecule has 5 heteroatoms. The van der Waals surface area contributed by atoms with E-state index in [9.17, 15) is 9.90 Å². The zero-order chi connectivity index (χ0) is 11.8. The van der Waals surface area contributed by atoms with Gasteiger partial charge in [-0.1, -0.05) is 0 Å². The first-order chi connectivity index (χ1) is 7.53. The van der Waals surface area contributed by atoms with E-state index in [4.69, 9.17) is 0 Å². The molecule has 2 atom stereocenters. The van der Waals surface area contributed by atoms with Crippen molar-refractivity contribution in [3.8, 4) is 0 Å². The number of carbonyl (C=O) groups is 1. The molecule has 0 aromatic carbocycles. The number of nitrogens with zero attached hydrogens (tertiary/aromatic N) is 2. The number of carbonyl (C=O) groups excluding carboxylic acids is 1. The predicted molar refractivity (Wildman–Crippen MR) is 61.2 cm³/mol. The van der Waals surface area contributed by atoms with E-state index < -0.39 is 5.60 Å². The van der Waals surface area contributed by atoms with Crippen LogP contribution in [0.25, 0.3) is 0 Å². The Morgan fingerprint density at radius 2 is 2.25 bits per heavy atom. The first kappa shape index (κ1) is 11.7. The Morgan fingerprint density at radius 3 is 2.94 bits per heavy atom. The molecule has 92 valence electrons. The monoisotopic (exact) mass is 227 g/mol. The second-order valence-electron chi connectivity index (χ2n) is 5.13. The van der Waals surface area contributed by atoms with Crippen LogP contribution >= 0.6 is 0 Å². The van der Waals surface area contributed by atoms with Gasteiger partial charge < -0.3 is 20.2 Å². The maximum absolute atomic E-state index is 11.8. The van der Waals surface area contributed by atoms with Crippen molar-refractivity contribution in [2.75, 3.05) is 40.3 Å². The highest BCUT2D eigenvalue weighted by atomic mass is 16.3. The average molecular weight is 227 g/mol. The van der Waals surface area contributed by atoms with Crippen molar-refractivity contribution in [1.29, 1.82) is 0 Å². The number of nitrogens with one attached hydrogen (secondary N) is 1. The van der Waals surface area contributed by atoms with Crippen molar-refractivity contribution in [1.82, 2.24) is 15.1 Å². The van der Waals surface area contributed by atoms with Gasteiger partial charge in [-0.25, -0.2) is 4.79 Å². The van der Waals surface area contributed by atoms with Crippen LogP contribution in [-0.2, 0) is 0 Å². The van der Waals surface area contributed by atoms with Crippen LogP contribution in [0.4, 0.5) is 4.79 Å². The van der Waals surface area contributed by atoms with Gasteiger partial charge in [0.25, 0.3) is 0 Å². The van der Waals surface area contributed by atoms with Crippen molar-refractivity contribution in [3.05, 3.63) is 0 Å². The zero-order valence-corrected chi connectivity index (χ0v) is 10.1. The van der Waals surface area contributed by atoms with E-state index in [1.54, 1.807) is 19.0 Å². The van der Waals surface area contributed by atoms with E-state index in [0.717, 1.165) is 19.5 Å². The average Bonchev–Trinajstić information content (AvgIpc) is 2.26. The predicted octanol–water partition coefficient (Wildman–Crippen LogP) is -0.286. The number of hydrogen-bond acceptors (Lipinski definition) is 3. The van der Waals surface area contributed by atoms with Crippen LogP contribution in [0.3, 0.4) is 0 Å². The lowest BCUT2D eigenvalue weighted by molar-refractivity contribution is -0.0813. The minimum Gasteiger partial charge on any atom is -0.389 e. The number of rotatable bonds is 0. The maximum Gasteiger partial charge on any atom is 0.319 e. The van der Waals surface area contributed by atoms with Gasteiger partial charge in [-0.05, 0) is 19.4 Å². The number of aliphatic hydroxyl groups is 1. The van der Waals surface area contributed by atoms with Crippen molar-refractivity contribution in [2.45, 2.75) is 18.4 Å². The largest absolute Gasteiger partial charge is 0.389 e. The minimum atomic E-state index is -0.547. The molecule has 0 aliphatic carbocycles. The van der Waals surface area contributed by atoms with Gasteiger partial charge in [-0.15, -0.1) is 0 Å². The molecule has 2 aliphatic heterocycles. The molecule has 2 saturated heterocycles. The normalized spacial score (nSPS) is 34.4. The second-order valence-corrected chi connectivity index (χ2v) is 5.13. The van der Waals surface area contributed by atoms with Crippen molar-refractivity contribution in [2.24, 2.45) is 5.92 Å². The SMILES string of the molecule is CN(C)C(=O)N1CC[C@@]2(O)CCNC[C@H]2C1. The molecule has 0 bridgehead atoms. The summed E-state index contributed by atoms with van der Waals surface area (Å²) in [5.74, 6) is 0.180. The lowest BCUT2D eigenvalue weighted by Crippen LogP contribution is -2.60. The summed E-state index contributed by atoms with van der Waals surface area (Å²) in [4.78, 5) is 15.3. The van der Waals surface area contributed by atoms with Gasteiger partial charge in [-0.2, -0.15) is 0 Å². The fourth-order valence-electron chi connectivity index (χ4n) is 2.68. The third-order valence-corrected chi connectivity index (χ3v) is 3.79. The molecule has 2 rings (SSSR count). The Labute approximate surface area is 96.4 Å². The van der Waals surface area contributed by atoms with Crippen LogP contribution < -0.4 is 5.32 Å². The number of piperidine rings is 2. The summed E-state index contributed by atoms with van der Waals surface area (Å²) in [6, 6.07) is 0.0487. The van der Waals surface area contributed by atoms with E-state index in [-0.39, 0.29) is 11.9 Å². The standard InChI is InChI=1S/C11H21N3O2/c1-13(2)10(15)14-6-4-11(16)3-5-12-7-9(11)8-14/h9,12,16H,3-8H2,1-2H3/t9-,11-/m0/s1. The summed E-state index contributed by atoms with van der Waals surface area (Å²) < 4.78 is 0. The van der Waals surface area contributed by atoms with Crippen LogP contribution in [0.2, 0.25) is 0 Å². The highest BCUT2D eigenvalue weighted by Gasteiger charge is 2.43. The Balaban J connectivity index is 2.02.